The predicted octanol–water partition coefficient (Wildman–Crippen LogP) is 2.86. The van der Waals surface area contributed by atoms with Crippen LogP contribution >= 0.6 is 0 Å². The molecular weight excluding hydrogens is 190 g/mol. The molecule has 0 saturated carbocycles. The van der Waals surface area contributed by atoms with Crippen molar-refractivity contribution < 1.29 is 4.79 Å². The number of rotatable bonds is 3. The molecule has 1 amide bonds. The summed E-state index contributed by atoms with van der Waals surface area (Å²) in [6, 6.07) is 0.492. The molecule has 1 unspecified atom stereocenters. The van der Waals surface area contributed by atoms with Gasteiger partial charge in [0, 0.05) is 6.04 Å². The van der Waals surface area contributed by atoms with Gasteiger partial charge in [0.15, 0.2) is 8.24 Å². The van der Waals surface area contributed by atoms with E-state index in [1.165, 1.54) is 6.42 Å². The van der Waals surface area contributed by atoms with Crippen molar-refractivity contribution >= 4 is 14.1 Å². The molecule has 1 atom stereocenters. The van der Waals surface area contributed by atoms with Crippen LogP contribution in [0.5, 0.6) is 0 Å². The Morgan fingerprint density at radius 3 is 2.21 bits per heavy atom. The Kier molecular flexibility index (Phi) is 2.83. The first-order chi connectivity index (χ1) is 6.23. The van der Waals surface area contributed by atoms with Crippen LogP contribution < -0.4 is 0 Å². The van der Waals surface area contributed by atoms with E-state index < -0.39 is 8.24 Å². The zero-order valence-corrected chi connectivity index (χ0v) is 11.3. The molecule has 1 saturated heterocycles. The summed E-state index contributed by atoms with van der Waals surface area (Å²) in [5.41, 5.74) is -0.101. The Bertz CT molecular complexity index is 242. The molecule has 0 spiro atoms. The molecule has 0 bridgehead atoms. The van der Waals surface area contributed by atoms with Crippen LogP contribution in [0.25, 0.3) is 0 Å². The molecule has 0 aromatic heterocycles. The molecule has 1 heterocycles. The SMILES string of the molecule is CCCC1N([Si](C)(C)C)C(=O)C1(C)C. The molecule has 3 heteroatoms. The predicted molar refractivity (Wildman–Crippen MR) is 62.7 cm³/mol. The highest BCUT2D eigenvalue weighted by atomic mass is 28.3. The Morgan fingerprint density at radius 2 is 1.86 bits per heavy atom. The van der Waals surface area contributed by atoms with Crippen LogP contribution in [0.3, 0.4) is 0 Å². The van der Waals surface area contributed by atoms with Crippen molar-refractivity contribution in [2.45, 2.75) is 59.3 Å². The number of hydrogen-bond acceptors (Lipinski definition) is 1. The first kappa shape index (κ1) is 11.8. The van der Waals surface area contributed by atoms with Gasteiger partial charge in [-0.15, -0.1) is 0 Å². The van der Waals surface area contributed by atoms with Gasteiger partial charge in [-0.2, -0.15) is 0 Å². The third-order valence-corrected chi connectivity index (χ3v) is 5.16. The monoisotopic (exact) mass is 213 g/mol. The van der Waals surface area contributed by atoms with Crippen LogP contribution in [0.4, 0.5) is 0 Å². The number of hydrogen-bond donors (Lipinski definition) is 0. The fourth-order valence-electron chi connectivity index (χ4n) is 2.39. The van der Waals surface area contributed by atoms with Crippen molar-refractivity contribution in [1.82, 2.24) is 4.57 Å². The highest BCUT2D eigenvalue weighted by Gasteiger charge is 2.56. The molecule has 14 heavy (non-hydrogen) atoms. The van der Waals surface area contributed by atoms with Gasteiger partial charge in [-0.3, -0.25) is 4.79 Å². The lowest BCUT2D eigenvalue weighted by atomic mass is 9.74. The topological polar surface area (TPSA) is 20.3 Å². The minimum Gasteiger partial charge on any atom is -0.366 e. The average molecular weight is 213 g/mol. The first-order valence-electron chi connectivity index (χ1n) is 5.56. The van der Waals surface area contributed by atoms with Gasteiger partial charge >= 0.3 is 0 Å². The Balaban J connectivity index is 2.84. The second kappa shape index (κ2) is 3.37. The molecule has 82 valence electrons. The Morgan fingerprint density at radius 1 is 1.36 bits per heavy atom. The second-order valence-corrected chi connectivity index (χ2v) is 10.7. The maximum atomic E-state index is 12.0. The van der Waals surface area contributed by atoms with Crippen LogP contribution in [0.1, 0.15) is 33.6 Å². The van der Waals surface area contributed by atoms with Crippen LogP contribution in [0, 0.1) is 5.41 Å². The molecule has 1 aliphatic rings. The summed E-state index contributed by atoms with van der Waals surface area (Å²) in [7, 11) is -1.44. The third kappa shape index (κ3) is 1.62. The van der Waals surface area contributed by atoms with Crippen molar-refractivity contribution in [3.63, 3.8) is 0 Å². The lowest BCUT2D eigenvalue weighted by molar-refractivity contribution is -0.158. The molecular formula is C11H23NOSi. The average Bonchev–Trinajstić information content (AvgIpc) is 2.01. The summed E-state index contributed by atoms with van der Waals surface area (Å²) in [5.74, 6) is 0.370. The fraction of sp³-hybridized carbons (Fsp3) is 0.909. The summed E-state index contributed by atoms with van der Waals surface area (Å²) in [6.07, 6.45) is 2.32. The van der Waals surface area contributed by atoms with E-state index in [4.69, 9.17) is 0 Å². The number of carbonyl (C=O) groups excluding carboxylic acids is 1. The largest absolute Gasteiger partial charge is 0.366 e. The minimum atomic E-state index is -1.44. The lowest BCUT2D eigenvalue weighted by Crippen LogP contribution is -2.73. The number of amides is 1. The van der Waals surface area contributed by atoms with Gasteiger partial charge in [0.1, 0.15) is 0 Å². The molecule has 0 aliphatic carbocycles. The number of carbonyl (C=O) groups is 1. The molecule has 0 radical (unpaired) electrons. The fourth-order valence-corrected chi connectivity index (χ4v) is 4.67. The van der Waals surface area contributed by atoms with Gasteiger partial charge < -0.3 is 4.57 Å². The van der Waals surface area contributed by atoms with Crippen molar-refractivity contribution in [3.05, 3.63) is 0 Å². The second-order valence-electron chi connectivity index (χ2n) is 5.87. The summed E-state index contributed by atoms with van der Waals surface area (Å²) < 4.78 is 2.19. The molecule has 1 rings (SSSR count). The van der Waals surface area contributed by atoms with Crippen molar-refractivity contribution in [3.8, 4) is 0 Å². The van der Waals surface area contributed by atoms with Crippen LogP contribution in [-0.4, -0.2) is 24.7 Å². The first-order valence-corrected chi connectivity index (χ1v) is 9.01. The smallest absolute Gasteiger partial charge is 0.222 e. The van der Waals surface area contributed by atoms with E-state index in [1.807, 2.05) is 0 Å². The van der Waals surface area contributed by atoms with E-state index in [0.717, 1.165) is 6.42 Å². The third-order valence-electron chi connectivity index (χ3n) is 3.20. The quantitative estimate of drug-likeness (QED) is 0.521. The van der Waals surface area contributed by atoms with Gasteiger partial charge in [-0.05, 0) is 20.3 Å². The Labute approximate surface area is 88.8 Å². The number of nitrogens with zero attached hydrogens (tertiary/aromatic N) is 1. The molecule has 0 aromatic rings. The maximum absolute atomic E-state index is 12.0. The summed E-state index contributed by atoms with van der Waals surface area (Å²) in [4.78, 5) is 12.0. The summed E-state index contributed by atoms with van der Waals surface area (Å²) >= 11 is 0. The van der Waals surface area contributed by atoms with E-state index in [0.29, 0.717) is 11.9 Å². The highest BCUT2D eigenvalue weighted by molar-refractivity contribution is 6.76. The zero-order chi connectivity index (χ0) is 11.1. The van der Waals surface area contributed by atoms with Gasteiger partial charge in [0.05, 0.1) is 5.41 Å². The van der Waals surface area contributed by atoms with Gasteiger partial charge in [-0.1, -0.05) is 33.0 Å². The van der Waals surface area contributed by atoms with E-state index in [9.17, 15) is 4.79 Å². The van der Waals surface area contributed by atoms with E-state index in [2.05, 4.69) is 45.0 Å². The number of β-lactam (4-membered cyclic amide) rings is 1. The van der Waals surface area contributed by atoms with E-state index >= 15 is 0 Å². The maximum Gasteiger partial charge on any atom is 0.222 e. The molecule has 1 aliphatic heterocycles. The van der Waals surface area contributed by atoms with Gasteiger partial charge in [0.25, 0.3) is 0 Å². The molecule has 0 aromatic carbocycles. The van der Waals surface area contributed by atoms with E-state index in [-0.39, 0.29) is 5.41 Å². The summed E-state index contributed by atoms with van der Waals surface area (Å²) in [6.45, 7) is 13.1. The van der Waals surface area contributed by atoms with Crippen LogP contribution in [-0.2, 0) is 4.79 Å². The van der Waals surface area contributed by atoms with Crippen LogP contribution in [0.2, 0.25) is 19.6 Å². The highest BCUT2D eigenvalue weighted by Crippen LogP contribution is 2.43. The molecule has 2 nitrogen and oxygen atoms in total. The lowest BCUT2D eigenvalue weighted by Gasteiger charge is -2.58. The summed E-state index contributed by atoms with van der Waals surface area (Å²) in [5, 5.41) is 0. The van der Waals surface area contributed by atoms with Crippen molar-refractivity contribution in [1.29, 1.82) is 0 Å². The van der Waals surface area contributed by atoms with Gasteiger partial charge in [-0.25, -0.2) is 0 Å². The molecule has 0 N–H and O–H groups in total. The standard InChI is InChI=1S/C11H23NOSi/c1-7-8-9-11(2,3)10(13)12(9)14(4,5)6/h9H,7-8H2,1-6H3. The normalized spacial score (nSPS) is 26.3. The van der Waals surface area contributed by atoms with Crippen LogP contribution in [0.15, 0.2) is 0 Å². The Hall–Kier alpha value is -0.313. The van der Waals surface area contributed by atoms with Crippen molar-refractivity contribution in [2.75, 3.05) is 0 Å². The minimum absolute atomic E-state index is 0.101. The zero-order valence-electron chi connectivity index (χ0n) is 10.3. The van der Waals surface area contributed by atoms with Crippen molar-refractivity contribution in [2.24, 2.45) is 5.41 Å². The van der Waals surface area contributed by atoms with Gasteiger partial charge in [0.2, 0.25) is 5.91 Å². The van der Waals surface area contributed by atoms with E-state index in [1.54, 1.807) is 0 Å². The molecule has 1 fully saturated rings.